The highest BCUT2D eigenvalue weighted by atomic mass is 32.2. The topological polar surface area (TPSA) is 128 Å². The molecule has 2 aromatic heterocycles. The van der Waals surface area contributed by atoms with Crippen LogP contribution in [0.1, 0.15) is 19.8 Å². The van der Waals surface area contributed by atoms with Gasteiger partial charge in [0.15, 0.2) is 5.82 Å². The molecule has 0 atom stereocenters. The van der Waals surface area contributed by atoms with Crippen molar-refractivity contribution in [2.24, 2.45) is 0 Å². The standard InChI is InChI=1S/C19H22N6O4S/c1-2-3-18(26)22-15-4-6-16(7-5-15)30(28,29)21-11-13-25-19(27)9-8-17(23-25)24-12-10-20-14-24/h4-10,12,14,21H,2-3,11,13H2,1H3,(H,22,26). The number of nitrogens with zero attached hydrogens (tertiary/aromatic N) is 4. The second-order valence-electron chi connectivity index (χ2n) is 6.44. The second-order valence-corrected chi connectivity index (χ2v) is 8.21. The van der Waals surface area contributed by atoms with E-state index in [2.05, 4.69) is 20.1 Å². The number of aromatic nitrogens is 4. The van der Waals surface area contributed by atoms with Gasteiger partial charge in [-0.2, -0.15) is 5.10 Å². The quantitative estimate of drug-likeness (QED) is 0.524. The summed E-state index contributed by atoms with van der Waals surface area (Å²) in [4.78, 5) is 27.6. The zero-order chi connectivity index (χ0) is 21.6. The normalized spacial score (nSPS) is 11.4. The summed E-state index contributed by atoms with van der Waals surface area (Å²) in [6.07, 6.45) is 5.95. The minimum atomic E-state index is -3.77. The lowest BCUT2D eigenvalue weighted by atomic mass is 10.3. The molecule has 0 radical (unpaired) electrons. The molecule has 0 saturated carbocycles. The van der Waals surface area contributed by atoms with Crippen molar-refractivity contribution in [3.8, 4) is 5.82 Å². The molecule has 3 rings (SSSR count). The number of anilines is 1. The van der Waals surface area contributed by atoms with Crippen LogP contribution in [0.15, 0.2) is 64.8 Å². The molecule has 0 spiro atoms. The first-order chi connectivity index (χ1) is 14.4. The van der Waals surface area contributed by atoms with Gasteiger partial charge in [-0.15, -0.1) is 0 Å². The Morgan fingerprint density at radius 1 is 1.13 bits per heavy atom. The lowest BCUT2D eigenvalue weighted by Gasteiger charge is -2.10. The molecular weight excluding hydrogens is 408 g/mol. The lowest BCUT2D eigenvalue weighted by molar-refractivity contribution is -0.116. The highest BCUT2D eigenvalue weighted by Gasteiger charge is 2.14. The van der Waals surface area contributed by atoms with E-state index in [1.54, 1.807) is 29.4 Å². The Morgan fingerprint density at radius 3 is 2.57 bits per heavy atom. The Labute approximate surface area is 173 Å². The number of rotatable bonds is 9. The van der Waals surface area contributed by atoms with Gasteiger partial charge in [0.2, 0.25) is 15.9 Å². The van der Waals surface area contributed by atoms with E-state index in [1.807, 2.05) is 6.92 Å². The van der Waals surface area contributed by atoms with Crippen molar-refractivity contribution in [1.29, 1.82) is 0 Å². The van der Waals surface area contributed by atoms with Crippen LogP contribution in [-0.4, -0.2) is 40.2 Å². The number of hydrogen-bond donors (Lipinski definition) is 2. The summed E-state index contributed by atoms with van der Waals surface area (Å²) >= 11 is 0. The third-order valence-electron chi connectivity index (χ3n) is 4.16. The van der Waals surface area contributed by atoms with Crippen molar-refractivity contribution in [3.05, 3.63) is 65.5 Å². The minimum absolute atomic E-state index is 0.0163. The first-order valence-corrected chi connectivity index (χ1v) is 10.8. The lowest BCUT2D eigenvalue weighted by Crippen LogP contribution is -2.32. The van der Waals surface area contributed by atoms with Gasteiger partial charge in [0.05, 0.1) is 11.4 Å². The van der Waals surface area contributed by atoms with Crippen LogP contribution in [0, 0.1) is 0 Å². The molecule has 1 amide bonds. The van der Waals surface area contributed by atoms with Crippen molar-refractivity contribution >= 4 is 21.6 Å². The molecule has 2 N–H and O–H groups in total. The predicted molar refractivity (Wildman–Crippen MR) is 111 cm³/mol. The third kappa shape index (κ3) is 5.39. The van der Waals surface area contributed by atoms with Crippen molar-refractivity contribution in [2.75, 3.05) is 11.9 Å². The summed E-state index contributed by atoms with van der Waals surface area (Å²) in [6.45, 7) is 1.95. The Bertz CT molecular complexity index is 1150. The SMILES string of the molecule is CCCC(=O)Nc1ccc(S(=O)(=O)NCCn2nc(-n3ccnc3)ccc2=O)cc1. The Balaban J connectivity index is 1.62. The van der Waals surface area contributed by atoms with Crippen LogP contribution in [0.25, 0.3) is 5.82 Å². The molecular formula is C19H22N6O4S. The first kappa shape index (κ1) is 21.4. The maximum atomic E-state index is 12.5. The van der Waals surface area contributed by atoms with Crippen LogP contribution < -0.4 is 15.6 Å². The number of benzene rings is 1. The Morgan fingerprint density at radius 2 is 1.90 bits per heavy atom. The van der Waals surface area contributed by atoms with E-state index < -0.39 is 10.0 Å². The zero-order valence-corrected chi connectivity index (χ0v) is 17.2. The zero-order valence-electron chi connectivity index (χ0n) is 16.4. The van der Waals surface area contributed by atoms with Crippen LogP contribution >= 0.6 is 0 Å². The monoisotopic (exact) mass is 430 g/mol. The maximum Gasteiger partial charge on any atom is 0.266 e. The molecule has 0 bridgehead atoms. The molecule has 0 saturated heterocycles. The molecule has 0 aliphatic carbocycles. The number of amides is 1. The van der Waals surface area contributed by atoms with Gasteiger partial charge in [-0.3, -0.25) is 14.2 Å². The number of imidazole rings is 1. The summed E-state index contributed by atoms with van der Waals surface area (Å²) in [5.41, 5.74) is 0.185. The highest BCUT2D eigenvalue weighted by molar-refractivity contribution is 7.89. The smallest absolute Gasteiger partial charge is 0.266 e. The van der Waals surface area contributed by atoms with Gasteiger partial charge >= 0.3 is 0 Å². The van der Waals surface area contributed by atoms with E-state index in [1.165, 1.54) is 35.0 Å². The van der Waals surface area contributed by atoms with Crippen LogP contribution in [0.5, 0.6) is 0 Å². The molecule has 1 aromatic carbocycles. The molecule has 2 heterocycles. The van der Waals surface area contributed by atoms with E-state index in [-0.39, 0.29) is 29.5 Å². The summed E-state index contributed by atoms with van der Waals surface area (Å²) in [5, 5.41) is 6.92. The number of carbonyl (C=O) groups excluding carboxylic acids is 1. The number of hydrogen-bond acceptors (Lipinski definition) is 6. The second kappa shape index (κ2) is 9.46. The van der Waals surface area contributed by atoms with Crippen molar-refractivity contribution in [3.63, 3.8) is 0 Å². The van der Waals surface area contributed by atoms with E-state index >= 15 is 0 Å². The summed E-state index contributed by atoms with van der Waals surface area (Å²) in [7, 11) is -3.77. The Kier molecular flexibility index (Phi) is 6.75. The van der Waals surface area contributed by atoms with Gasteiger partial charge in [0.1, 0.15) is 6.33 Å². The van der Waals surface area contributed by atoms with E-state index in [0.717, 1.165) is 6.42 Å². The number of carbonyl (C=O) groups is 1. The third-order valence-corrected chi connectivity index (χ3v) is 5.64. The van der Waals surface area contributed by atoms with Crippen molar-refractivity contribution in [1.82, 2.24) is 24.1 Å². The maximum absolute atomic E-state index is 12.5. The molecule has 0 aliphatic heterocycles. The average Bonchev–Trinajstić information content (AvgIpc) is 3.25. The fraction of sp³-hybridized carbons (Fsp3) is 0.263. The van der Waals surface area contributed by atoms with Crippen molar-refractivity contribution in [2.45, 2.75) is 31.2 Å². The van der Waals surface area contributed by atoms with E-state index in [9.17, 15) is 18.0 Å². The first-order valence-electron chi connectivity index (χ1n) is 9.35. The largest absolute Gasteiger partial charge is 0.326 e. The van der Waals surface area contributed by atoms with Crippen LogP contribution in [-0.2, 0) is 21.4 Å². The molecule has 3 aromatic rings. The van der Waals surface area contributed by atoms with Crippen LogP contribution in [0.4, 0.5) is 5.69 Å². The van der Waals surface area contributed by atoms with Gasteiger partial charge in [-0.1, -0.05) is 6.92 Å². The van der Waals surface area contributed by atoms with Gasteiger partial charge in [0, 0.05) is 37.1 Å². The van der Waals surface area contributed by atoms with Gasteiger partial charge in [-0.05, 0) is 36.8 Å². The Hall–Kier alpha value is -3.31. The van der Waals surface area contributed by atoms with Gasteiger partial charge in [-0.25, -0.2) is 22.8 Å². The van der Waals surface area contributed by atoms with Crippen LogP contribution in [0.2, 0.25) is 0 Å². The predicted octanol–water partition coefficient (Wildman–Crippen LogP) is 1.15. The fourth-order valence-corrected chi connectivity index (χ4v) is 3.69. The molecule has 11 heteroatoms. The number of sulfonamides is 1. The summed E-state index contributed by atoms with van der Waals surface area (Å²) in [6, 6.07) is 8.81. The highest BCUT2D eigenvalue weighted by Crippen LogP contribution is 2.14. The van der Waals surface area contributed by atoms with Gasteiger partial charge < -0.3 is 5.32 Å². The summed E-state index contributed by atoms with van der Waals surface area (Å²) in [5.74, 6) is 0.373. The van der Waals surface area contributed by atoms with E-state index in [4.69, 9.17) is 0 Å². The molecule has 30 heavy (non-hydrogen) atoms. The fourth-order valence-electron chi connectivity index (χ4n) is 2.67. The molecule has 0 fully saturated rings. The molecule has 158 valence electrons. The molecule has 0 unspecified atom stereocenters. The van der Waals surface area contributed by atoms with Gasteiger partial charge in [0.25, 0.3) is 5.56 Å². The van der Waals surface area contributed by atoms with Crippen LogP contribution in [0.3, 0.4) is 0 Å². The molecule has 0 aliphatic rings. The van der Waals surface area contributed by atoms with E-state index in [0.29, 0.717) is 17.9 Å². The number of nitrogens with one attached hydrogen (secondary N) is 2. The summed E-state index contributed by atoms with van der Waals surface area (Å²) < 4.78 is 30.2. The average molecular weight is 430 g/mol. The minimum Gasteiger partial charge on any atom is -0.326 e. The molecule has 10 nitrogen and oxygen atoms in total. The van der Waals surface area contributed by atoms with Crippen molar-refractivity contribution < 1.29 is 13.2 Å².